The van der Waals surface area contributed by atoms with Crippen LogP contribution in [0.25, 0.3) is 22.5 Å². The molecule has 0 amide bonds. The Morgan fingerprint density at radius 1 is 0.810 bits per heavy atom. The summed E-state index contributed by atoms with van der Waals surface area (Å²) in [7, 11) is 0. The second-order valence-corrected chi connectivity index (χ2v) is 4.88. The lowest BCUT2D eigenvalue weighted by molar-refractivity contribution is 0.104. The summed E-state index contributed by atoms with van der Waals surface area (Å²) in [4.78, 5) is 31.2. The maximum atomic E-state index is 12.6. The minimum Gasteiger partial charge on any atom is -0.305 e. The summed E-state index contributed by atoms with van der Waals surface area (Å²) >= 11 is 0. The topological polar surface area (TPSA) is 62.8 Å². The number of hydrogen-bond donors (Lipinski definition) is 1. The highest BCUT2D eigenvalue weighted by atomic mass is 16.1. The monoisotopic (exact) mass is 274 g/mol. The van der Waals surface area contributed by atoms with Gasteiger partial charge in [0.2, 0.25) is 0 Å². The van der Waals surface area contributed by atoms with Crippen LogP contribution in [0.5, 0.6) is 0 Å². The molecule has 3 aromatic rings. The summed E-state index contributed by atoms with van der Waals surface area (Å²) < 4.78 is 0. The maximum absolute atomic E-state index is 12.6. The predicted molar refractivity (Wildman–Crippen MR) is 79.2 cm³/mol. The fourth-order valence-corrected chi connectivity index (χ4v) is 2.74. The molecule has 1 heterocycles. The van der Waals surface area contributed by atoms with E-state index in [-0.39, 0.29) is 5.78 Å². The Hall–Kier alpha value is -3.01. The van der Waals surface area contributed by atoms with Crippen LogP contribution in [0.3, 0.4) is 0 Å². The van der Waals surface area contributed by atoms with Crippen LogP contribution in [0.1, 0.15) is 15.9 Å². The van der Waals surface area contributed by atoms with Gasteiger partial charge in [0, 0.05) is 16.7 Å². The number of aromatic amines is 1. The third-order valence-electron chi connectivity index (χ3n) is 3.65. The van der Waals surface area contributed by atoms with Gasteiger partial charge in [-0.1, -0.05) is 54.6 Å². The van der Waals surface area contributed by atoms with Crippen LogP contribution < -0.4 is 5.69 Å². The number of nitrogens with zero attached hydrogens (tertiary/aromatic N) is 1. The van der Waals surface area contributed by atoms with Crippen molar-refractivity contribution in [2.24, 2.45) is 0 Å². The van der Waals surface area contributed by atoms with Crippen molar-refractivity contribution in [1.82, 2.24) is 9.97 Å². The van der Waals surface area contributed by atoms with E-state index in [1.165, 1.54) is 0 Å². The third-order valence-corrected chi connectivity index (χ3v) is 3.65. The highest BCUT2D eigenvalue weighted by Crippen LogP contribution is 2.38. The number of hydrogen-bond acceptors (Lipinski definition) is 3. The van der Waals surface area contributed by atoms with E-state index in [2.05, 4.69) is 9.97 Å². The number of fused-ring (bicyclic) bond motifs is 3. The Bertz CT molecular complexity index is 927. The van der Waals surface area contributed by atoms with Gasteiger partial charge in [0.05, 0.1) is 17.0 Å². The summed E-state index contributed by atoms with van der Waals surface area (Å²) in [5, 5.41) is 0. The van der Waals surface area contributed by atoms with Crippen molar-refractivity contribution in [1.29, 1.82) is 0 Å². The molecule has 1 aliphatic rings. The molecule has 4 rings (SSSR count). The maximum Gasteiger partial charge on any atom is 0.346 e. The zero-order valence-corrected chi connectivity index (χ0v) is 11.0. The smallest absolute Gasteiger partial charge is 0.305 e. The zero-order valence-electron chi connectivity index (χ0n) is 11.0. The molecule has 0 saturated carbocycles. The number of H-pyrrole nitrogens is 1. The first-order chi connectivity index (χ1) is 10.3. The largest absolute Gasteiger partial charge is 0.346 e. The summed E-state index contributed by atoms with van der Waals surface area (Å²) in [6, 6.07) is 16.6. The molecule has 2 aromatic carbocycles. The molecular formula is C17H10N2O2. The molecule has 4 heteroatoms. The lowest BCUT2D eigenvalue weighted by Crippen LogP contribution is -2.15. The molecule has 0 aliphatic heterocycles. The quantitative estimate of drug-likeness (QED) is 0.580. The molecule has 1 aromatic heterocycles. The van der Waals surface area contributed by atoms with Crippen LogP contribution in [-0.4, -0.2) is 15.8 Å². The van der Waals surface area contributed by atoms with Crippen LogP contribution >= 0.6 is 0 Å². The molecular weight excluding hydrogens is 264 g/mol. The number of carbonyl (C=O) groups excluding carboxylic acids is 1. The fraction of sp³-hybridized carbons (Fsp3) is 0. The first kappa shape index (κ1) is 11.8. The number of ketones is 1. The SMILES string of the molecule is O=C1c2ccccc2-c2[nH]c(=O)nc(-c3ccccc3)c21. The van der Waals surface area contributed by atoms with Gasteiger partial charge in [0.15, 0.2) is 5.78 Å². The molecule has 4 nitrogen and oxygen atoms in total. The van der Waals surface area contributed by atoms with E-state index in [4.69, 9.17) is 0 Å². The summed E-state index contributed by atoms with van der Waals surface area (Å²) in [6.07, 6.45) is 0. The number of benzene rings is 2. The van der Waals surface area contributed by atoms with Crippen LogP contribution in [0, 0.1) is 0 Å². The number of carbonyl (C=O) groups is 1. The first-order valence-electron chi connectivity index (χ1n) is 6.59. The molecule has 0 spiro atoms. The highest BCUT2D eigenvalue weighted by molar-refractivity contribution is 6.23. The van der Waals surface area contributed by atoms with E-state index in [1.807, 2.05) is 48.5 Å². The lowest BCUT2D eigenvalue weighted by Gasteiger charge is -2.05. The van der Waals surface area contributed by atoms with E-state index in [1.54, 1.807) is 6.07 Å². The van der Waals surface area contributed by atoms with Gasteiger partial charge in [-0.15, -0.1) is 0 Å². The molecule has 0 radical (unpaired) electrons. The Labute approximate surface area is 120 Å². The molecule has 0 saturated heterocycles. The minimum absolute atomic E-state index is 0.0943. The third kappa shape index (κ3) is 1.66. The molecule has 1 aliphatic carbocycles. The van der Waals surface area contributed by atoms with Crippen molar-refractivity contribution in [3.05, 3.63) is 76.2 Å². The summed E-state index contributed by atoms with van der Waals surface area (Å²) in [5.41, 5.74) is 3.16. The minimum atomic E-state index is -0.447. The van der Waals surface area contributed by atoms with Crippen LogP contribution in [0.4, 0.5) is 0 Å². The highest BCUT2D eigenvalue weighted by Gasteiger charge is 2.31. The molecule has 0 bridgehead atoms. The Morgan fingerprint density at radius 3 is 2.24 bits per heavy atom. The van der Waals surface area contributed by atoms with Gasteiger partial charge in [-0.2, -0.15) is 4.98 Å². The Morgan fingerprint density at radius 2 is 1.48 bits per heavy atom. The lowest BCUT2D eigenvalue weighted by atomic mass is 10.0. The summed E-state index contributed by atoms with van der Waals surface area (Å²) in [6.45, 7) is 0. The van der Waals surface area contributed by atoms with Crippen LogP contribution in [-0.2, 0) is 0 Å². The van der Waals surface area contributed by atoms with Crippen molar-refractivity contribution in [2.75, 3.05) is 0 Å². The van der Waals surface area contributed by atoms with Gasteiger partial charge in [-0.25, -0.2) is 4.79 Å². The normalized spacial score (nSPS) is 12.1. The number of rotatable bonds is 1. The molecule has 100 valence electrons. The zero-order chi connectivity index (χ0) is 14.4. The average molecular weight is 274 g/mol. The Balaban J connectivity index is 2.09. The van der Waals surface area contributed by atoms with E-state index < -0.39 is 5.69 Å². The van der Waals surface area contributed by atoms with E-state index in [0.717, 1.165) is 11.1 Å². The molecule has 0 unspecified atom stereocenters. The molecule has 0 atom stereocenters. The van der Waals surface area contributed by atoms with Gasteiger partial charge in [0.1, 0.15) is 0 Å². The average Bonchev–Trinajstić information content (AvgIpc) is 2.81. The van der Waals surface area contributed by atoms with E-state index >= 15 is 0 Å². The van der Waals surface area contributed by atoms with Crippen molar-refractivity contribution < 1.29 is 4.79 Å². The number of aromatic nitrogens is 2. The molecule has 0 fully saturated rings. The predicted octanol–water partition coefficient (Wildman–Crippen LogP) is 2.65. The van der Waals surface area contributed by atoms with Crippen molar-refractivity contribution in [3.63, 3.8) is 0 Å². The molecule has 21 heavy (non-hydrogen) atoms. The number of nitrogens with one attached hydrogen (secondary N) is 1. The second-order valence-electron chi connectivity index (χ2n) is 4.88. The van der Waals surface area contributed by atoms with Crippen LogP contribution in [0.2, 0.25) is 0 Å². The first-order valence-corrected chi connectivity index (χ1v) is 6.59. The van der Waals surface area contributed by atoms with Gasteiger partial charge < -0.3 is 4.98 Å². The van der Waals surface area contributed by atoms with Gasteiger partial charge in [-0.3, -0.25) is 4.79 Å². The van der Waals surface area contributed by atoms with Gasteiger partial charge >= 0.3 is 5.69 Å². The van der Waals surface area contributed by atoms with Gasteiger partial charge in [-0.05, 0) is 0 Å². The van der Waals surface area contributed by atoms with E-state index in [9.17, 15) is 9.59 Å². The van der Waals surface area contributed by atoms with Crippen molar-refractivity contribution in [2.45, 2.75) is 0 Å². The van der Waals surface area contributed by atoms with Gasteiger partial charge in [0.25, 0.3) is 0 Å². The second kappa shape index (κ2) is 4.24. The van der Waals surface area contributed by atoms with Crippen molar-refractivity contribution in [3.8, 4) is 22.5 Å². The molecule has 1 N–H and O–H groups in total. The van der Waals surface area contributed by atoms with Crippen LogP contribution in [0.15, 0.2) is 59.4 Å². The van der Waals surface area contributed by atoms with Crippen molar-refractivity contribution >= 4 is 5.78 Å². The fourth-order valence-electron chi connectivity index (χ4n) is 2.74. The van der Waals surface area contributed by atoms with E-state index in [0.29, 0.717) is 22.5 Å². The Kier molecular flexibility index (Phi) is 2.38. The summed E-state index contributed by atoms with van der Waals surface area (Å²) in [5.74, 6) is -0.0943. The standard InChI is InChI=1S/C17H10N2O2/c20-16-12-9-5-4-8-11(12)15-13(16)14(18-17(21)19-15)10-6-2-1-3-7-10/h1-9H,(H,18,19,21).